The highest BCUT2D eigenvalue weighted by Gasteiger charge is 2.31. The van der Waals surface area contributed by atoms with Crippen LogP contribution in [0.4, 0.5) is 5.82 Å². The van der Waals surface area contributed by atoms with Crippen LogP contribution in [0.5, 0.6) is 0 Å². The number of hydrogen-bond acceptors (Lipinski definition) is 6. The molecule has 0 radical (unpaired) electrons. The second-order valence-electron chi connectivity index (χ2n) is 7.83. The summed E-state index contributed by atoms with van der Waals surface area (Å²) in [5.41, 5.74) is 2.48. The fourth-order valence-corrected chi connectivity index (χ4v) is 4.64. The van der Waals surface area contributed by atoms with Gasteiger partial charge in [-0.2, -0.15) is 5.10 Å². The molecule has 0 spiro atoms. The molecule has 0 bridgehead atoms. The third-order valence-electron chi connectivity index (χ3n) is 6.07. The van der Waals surface area contributed by atoms with Gasteiger partial charge in [0, 0.05) is 43.6 Å². The second kappa shape index (κ2) is 8.07. The van der Waals surface area contributed by atoms with Crippen molar-refractivity contribution in [3.05, 3.63) is 35.0 Å². The van der Waals surface area contributed by atoms with Crippen molar-refractivity contribution < 1.29 is 9.47 Å². The Bertz CT molecular complexity index is 1010. The minimum atomic E-state index is 0.389. The molecule has 5 rings (SSSR count). The number of para-hydroxylation sites is 1. The molecule has 2 fully saturated rings. The Hall–Kier alpha value is -1.93. The Labute approximate surface area is 174 Å². The molecule has 7 nitrogen and oxygen atoms in total. The number of anilines is 1. The van der Waals surface area contributed by atoms with Crippen molar-refractivity contribution in [1.29, 1.82) is 0 Å². The van der Waals surface area contributed by atoms with Crippen molar-refractivity contribution in [2.75, 3.05) is 51.4 Å². The molecule has 2 aromatic heterocycles. The van der Waals surface area contributed by atoms with Gasteiger partial charge in [0.1, 0.15) is 10.8 Å². The first-order chi connectivity index (χ1) is 14.2. The van der Waals surface area contributed by atoms with Crippen LogP contribution < -0.4 is 5.32 Å². The second-order valence-corrected chi connectivity index (χ2v) is 8.21. The summed E-state index contributed by atoms with van der Waals surface area (Å²) in [5.74, 6) is 1.38. The van der Waals surface area contributed by atoms with E-state index >= 15 is 0 Å². The number of halogens is 1. The molecule has 154 valence electrons. The van der Waals surface area contributed by atoms with E-state index in [1.807, 2.05) is 23.6 Å². The monoisotopic (exact) mass is 415 g/mol. The Balaban J connectivity index is 1.48. The molecule has 8 heteroatoms. The molecule has 2 saturated heterocycles. The first-order valence-electron chi connectivity index (χ1n) is 10.3. The molecule has 0 saturated carbocycles. The van der Waals surface area contributed by atoms with Gasteiger partial charge in [0.15, 0.2) is 5.65 Å². The van der Waals surface area contributed by atoms with Crippen LogP contribution in [0.15, 0.2) is 24.3 Å². The van der Waals surface area contributed by atoms with Crippen molar-refractivity contribution in [1.82, 2.24) is 19.5 Å². The lowest BCUT2D eigenvalue weighted by molar-refractivity contribution is 0.00460. The number of aryl methyl sites for hydroxylation is 1. The molecule has 0 aliphatic carbocycles. The zero-order valence-corrected chi connectivity index (χ0v) is 17.4. The van der Waals surface area contributed by atoms with E-state index in [1.54, 1.807) is 0 Å². The van der Waals surface area contributed by atoms with Crippen LogP contribution in [0.3, 0.4) is 0 Å². The maximum absolute atomic E-state index is 6.49. The van der Waals surface area contributed by atoms with Crippen LogP contribution in [0.25, 0.3) is 16.6 Å². The third-order valence-corrected chi connectivity index (χ3v) is 6.51. The SMILES string of the molecule is Cc1nn2c(nc(NC[C@@H]([C@H]3CCOC3)N3CCOCC3)c3ccccc32)c1Cl. The number of nitrogens with one attached hydrogen (secondary N) is 1. The van der Waals surface area contributed by atoms with Crippen LogP contribution in [0, 0.1) is 12.8 Å². The number of rotatable bonds is 5. The molecule has 2 aliphatic rings. The zero-order valence-electron chi connectivity index (χ0n) is 16.6. The number of aromatic nitrogens is 3. The fraction of sp³-hybridized carbons (Fsp3) is 0.524. The highest BCUT2D eigenvalue weighted by Crippen LogP contribution is 2.29. The summed E-state index contributed by atoms with van der Waals surface area (Å²) in [4.78, 5) is 7.38. The van der Waals surface area contributed by atoms with E-state index in [0.717, 1.165) is 74.9 Å². The molecule has 3 aromatic rings. The van der Waals surface area contributed by atoms with E-state index in [9.17, 15) is 0 Å². The Kier molecular flexibility index (Phi) is 5.30. The molecule has 2 atom stereocenters. The average molecular weight is 416 g/mol. The van der Waals surface area contributed by atoms with Crippen LogP contribution >= 0.6 is 11.6 Å². The number of ether oxygens (including phenoxy) is 2. The summed E-state index contributed by atoms with van der Waals surface area (Å²) in [6, 6.07) is 8.58. The van der Waals surface area contributed by atoms with Gasteiger partial charge in [-0.15, -0.1) is 0 Å². The van der Waals surface area contributed by atoms with Crippen molar-refractivity contribution >= 4 is 34.0 Å². The van der Waals surface area contributed by atoms with Crippen molar-refractivity contribution in [2.45, 2.75) is 19.4 Å². The van der Waals surface area contributed by atoms with E-state index in [0.29, 0.717) is 22.6 Å². The molecule has 1 aromatic carbocycles. The largest absolute Gasteiger partial charge is 0.381 e. The molecular formula is C21H26ClN5O2. The molecule has 1 N–H and O–H groups in total. The number of hydrogen-bond donors (Lipinski definition) is 1. The molecule has 0 amide bonds. The smallest absolute Gasteiger partial charge is 0.176 e. The minimum absolute atomic E-state index is 0.389. The van der Waals surface area contributed by atoms with Crippen molar-refractivity contribution in [2.24, 2.45) is 5.92 Å². The lowest BCUT2D eigenvalue weighted by atomic mass is 9.97. The lowest BCUT2D eigenvalue weighted by Crippen LogP contribution is -2.50. The predicted octanol–water partition coefficient (Wildman–Crippen LogP) is 2.99. The number of nitrogens with zero attached hydrogens (tertiary/aromatic N) is 4. The lowest BCUT2D eigenvalue weighted by Gasteiger charge is -2.37. The highest BCUT2D eigenvalue weighted by molar-refractivity contribution is 6.34. The van der Waals surface area contributed by atoms with E-state index in [1.165, 1.54) is 0 Å². The van der Waals surface area contributed by atoms with Crippen molar-refractivity contribution in [3.8, 4) is 0 Å². The summed E-state index contributed by atoms with van der Waals surface area (Å²) in [7, 11) is 0. The summed E-state index contributed by atoms with van der Waals surface area (Å²) >= 11 is 6.49. The minimum Gasteiger partial charge on any atom is -0.381 e. The first-order valence-corrected chi connectivity index (χ1v) is 10.7. The summed E-state index contributed by atoms with van der Waals surface area (Å²) < 4.78 is 13.1. The third kappa shape index (κ3) is 3.57. The van der Waals surface area contributed by atoms with Gasteiger partial charge in [-0.05, 0) is 25.5 Å². The summed E-state index contributed by atoms with van der Waals surface area (Å²) in [5, 5.41) is 9.86. The Morgan fingerprint density at radius 3 is 2.83 bits per heavy atom. The molecular weight excluding hydrogens is 390 g/mol. The summed E-state index contributed by atoms with van der Waals surface area (Å²) in [6.45, 7) is 7.91. The van der Waals surface area contributed by atoms with E-state index < -0.39 is 0 Å². The van der Waals surface area contributed by atoms with Crippen molar-refractivity contribution in [3.63, 3.8) is 0 Å². The van der Waals surface area contributed by atoms with E-state index in [4.69, 9.17) is 26.1 Å². The van der Waals surface area contributed by atoms with Gasteiger partial charge < -0.3 is 14.8 Å². The van der Waals surface area contributed by atoms with Gasteiger partial charge >= 0.3 is 0 Å². The zero-order chi connectivity index (χ0) is 19.8. The van der Waals surface area contributed by atoms with E-state index in [-0.39, 0.29) is 0 Å². The van der Waals surface area contributed by atoms with Gasteiger partial charge in [0.25, 0.3) is 0 Å². The van der Waals surface area contributed by atoms with Gasteiger partial charge in [0.05, 0.1) is 31.0 Å². The summed E-state index contributed by atoms with van der Waals surface area (Å²) in [6.07, 6.45) is 1.10. The first kappa shape index (κ1) is 19.1. The van der Waals surface area contributed by atoms with Gasteiger partial charge in [-0.3, -0.25) is 4.90 Å². The molecule has 2 aliphatic heterocycles. The van der Waals surface area contributed by atoms with Gasteiger partial charge in [-0.25, -0.2) is 9.50 Å². The molecule has 0 unspecified atom stereocenters. The maximum Gasteiger partial charge on any atom is 0.176 e. The van der Waals surface area contributed by atoms with Crippen LogP contribution in [-0.2, 0) is 9.47 Å². The van der Waals surface area contributed by atoms with Crippen LogP contribution in [0.1, 0.15) is 12.1 Å². The Morgan fingerprint density at radius 2 is 2.03 bits per heavy atom. The van der Waals surface area contributed by atoms with Crippen LogP contribution in [0.2, 0.25) is 5.02 Å². The molecule has 4 heterocycles. The average Bonchev–Trinajstić information content (AvgIpc) is 3.38. The van der Waals surface area contributed by atoms with Crippen LogP contribution in [-0.4, -0.2) is 71.6 Å². The van der Waals surface area contributed by atoms with E-state index in [2.05, 4.69) is 27.4 Å². The fourth-order valence-electron chi connectivity index (χ4n) is 4.48. The maximum atomic E-state index is 6.49. The predicted molar refractivity (Wildman–Crippen MR) is 114 cm³/mol. The number of fused-ring (bicyclic) bond motifs is 3. The normalized spacial score (nSPS) is 21.8. The topological polar surface area (TPSA) is 63.9 Å². The number of benzene rings is 1. The standard InChI is InChI=1S/C21H26ClN5O2/c1-14-19(22)21-24-20(16-4-2-3-5-17(16)27(21)25-14)23-12-18(15-6-9-29-13-15)26-7-10-28-11-8-26/h2-5,15,18H,6-13H2,1H3,(H,23,24)/t15-,18-/m0/s1. The highest BCUT2D eigenvalue weighted by atomic mass is 35.5. The quantitative estimate of drug-likeness (QED) is 0.691. The Morgan fingerprint density at radius 1 is 1.21 bits per heavy atom. The van der Waals surface area contributed by atoms with Gasteiger partial charge in [-0.1, -0.05) is 23.7 Å². The number of morpholine rings is 1. The van der Waals surface area contributed by atoms with Gasteiger partial charge in [0.2, 0.25) is 0 Å². The molecule has 29 heavy (non-hydrogen) atoms.